The Bertz CT molecular complexity index is 1610. The van der Waals surface area contributed by atoms with Crippen LogP contribution < -0.4 is 9.47 Å². The van der Waals surface area contributed by atoms with Gasteiger partial charge in [0.25, 0.3) is 0 Å². The van der Waals surface area contributed by atoms with Gasteiger partial charge in [-0.1, -0.05) is 38.1 Å². The number of carbonyl (C=O) groups excluding carboxylic acids is 6. The van der Waals surface area contributed by atoms with Crippen LogP contribution in [-0.2, 0) is 62.6 Å². The van der Waals surface area contributed by atoms with Crippen LogP contribution in [0.15, 0.2) is 72.8 Å². The molecule has 0 bridgehead atoms. The normalized spacial score (nSPS) is 15.8. The van der Waals surface area contributed by atoms with E-state index in [1.807, 2.05) is 24.3 Å². The van der Waals surface area contributed by atoms with E-state index in [1.54, 1.807) is 24.3 Å². The molecule has 2 unspecified atom stereocenters. The molecule has 57 heavy (non-hydrogen) atoms. The van der Waals surface area contributed by atoms with Gasteiger partial charge in [-0.3, -0.25) is 0 Å². The third kappa shape index (κ3) is 15.2. The zero-order valence-electron chi connectivity index (χ0n) is 31.7. The maximum atomic E-state index is 12.5. The highest BCUT2D eigenvalue weighted by molar-refractivity contribution is 8.21. The van der Waals surface area contributed by atoms with Gasteiger partial charge in [-0.15, -0.1) is 47.0 Å². The molecule has 2 aliphatic heterocycles. The minimum atomic E-state index is -0.951. The largest absolute Gasteiger partial charge is 0.490 e. The van der Waals surface area contributed by atoms with Crippen LogP contribution >= 0.6 is 47.0 Å². The van der Waals surface area contributed by atoms with E-state index in [-0.39, 0.29) is 35.6 Å². The fourth-order valence-corrected chi connectivity index (χ4v) is 10.1. The van der Waals surface area contributed by atoms with Crippen molar-refractivity contribution in [1.82, 2.24) is 0 Å². The number of thioether (sulfide) groups is 4. The molecule has 2 heterocycles. The maximum absolute atomic E-state index is 12.5. The molecule has 2 atom stereocenters. The summed E-state index contributed by atoms with van der Waals surface area (Å²) in [6.07, 6.45) is 1.82. The van der Waals surface area contributed by atoms with Crippen LogP contribution in [0.1, 0.15) is 25.0 Å². The Kier molecular flexibility index (Phi) is 18.5. The molecular weight excluding hydrogens is 821 g/mol. The average molecular weight is 865 g/mol. The number of methoxy groups -OCH3 is 2. The molecule has 18 heteroatoms. The predicted molar refractivity (Wildman–Crippen MR) is 217 cm³/mol. The van der Waals surface area contributed by atoms with Gasteiger partial charge in [0, 0.05) is 52.7 Å². The van der Waals surface area contributed by atoms with Crippen LogP contribution in [0.3, 0.4) is 0 Å². The highest BCUT2D eigenvalue weighted by Crippen LogP contribution is 2.35. The van der Waals surface area contributed by atoms with E-state index in [1.165, 1.54) is 61.3 Å². The smallest absolute Gasteiger partial charge is 0.331 e. The van der Waals surface area contributed by atoms with Gasteiger partial charge >= 0.3 is 35.8 Å². The molecule has 4 rings (SSSR count). The molecule has 0 spiro atoms. The summed E-state index contributed by atoms with van der Waals surface area (Å²) in [7, 11) is 2.37. The first kappa shape index (κ1) is 45.4. The van der Waals surface area contributed by atoms with E-state index in [0.29, 0.717) is 11.5 Å². The molecule has 0 amide bonds. The molecule has 0 radical (unpaired) electrons. The predicted octanol–water partition coefficient (Wildman–Crippen LogP) is 4.75. The van der Waals surface area contributed by atoms with Crippen molar-refractivity contribution in [2.45, 2.75) is 40.6 Å². The molecule has 0 saturated carbocycles. The van der Waals surface area contributed by atoms with Gasteiger partial charge in [-0.05, 0) is 35.4 Å². The van der Waals surface area contributed by atoms with Crippen molar-refractivity contribution >= 4 is 82.9 Å². The van der Waals surface area contributed by atoms with Crippen LogP contribution in [0.4, 0.5) is 0 Å². The van der Waals surface area contributed by atoms with E-state index < -0.39 is 53.4 Å². The number of ether oxygens (including phenoxy) is 8. The van der Waals surface area contributed by atoms with Crippen LogP contribution in [0.2, 0.25) is 0 Å². The summed E-state index contributed by atoms with van der Waals surface area (Å²) in [5.74, 6) is 0.442. The van der Waals surface area contributed by atoms with E-state index >= 15 is 0 Å². The maximum Gasteiger partial charge on any atom is 0.331 e. The molecule has 2 aromatic carbocycles. The van der Waals surface area contributed by atoms with Crippen molar-refractivity contribution in [3.05, 3.63) is 84.0 Å². The lowest BCUT2D eigenvalue weighted by Gasteiger charge is -2.27. The number of rotatable bonds is 20. The molecule has 2 saturated heterocycles. The number of carbonyl (C=O) groups is 6. The highest BCUT2D eigenvalue weighted by Gasteiger charge is 2.29. The summed E-state index contributed by atoms with van der Waals surface area (Å²) >= 11 is 5.97. The summed E-state index contributed by atoms with van der Waals surface area (Å²) in [6, 6.07) is 14.8. The Hall–Kier alpha value is -4.26. The van der Waals surface area contributed by atoms with Gasteiger partial charge in [-0.25, -0.2) is 28.8 Å². The van der Waals surface area contributed by atoms with Gasteiger partial charge in [0.1, 0.15) is 47.1 Å². The van der Waals surface area contributed by atoms with E-state index in [9.17, 15) is 28.8 Å². The van der Waals surface area contributed by atoms with Crippen molar-refractivity contribution < 1.29 is 66.7 Å². The minimum absolute atomic E-state index is 0.119. The molecule has 14 nitrogen and oxygen atoms in total. The molecular formula is C39H44O14S4. The Balaban J connectivity index is 1.34. The standard InChI is InChI=1S/C39H44O14S4/c1-39(2,25-5-9-27(10-6-25)48-21-29(52-33(42)15-13-31(40)46-3)23-50-35(44)37-54-17-18-55-37)26-7-11-28(12-8-26)49-22-30(53-34(43)16-14-32(41)47-4)24-51-36(45)38-56-19-20-57-38/h5-16,29-30,37-38H,17-24H2,1-4H3/b15-13+,16-14+. The molecule has 2 aromatic rings. The summed E-state index contributed by atoms with van der Waals surface area (Å²) in [5.41, 5.74) is 1.47. The van der Waals surface area contributed by atoms with E-state index in [4.69, 9.17) is 28.4 Å². The summed E-state index contributed by atoms with van der Waals surface area (Å²) in [4.78, 5) is 72.5. The fraction of sp³-hybridized carbons (Fsp3) is 0.436. The Morgan fingerprint density at radius 3 is 1.23 bits per heavy atom. The number of esters is 6. The average Bonchev–Trinajstić information content (AvgIpc) is 3.97. The lowest BCUT2D eigenvalue weighted by molar-refractivity contribution is -0.156. The van der Waals surface area contributed by atoms with Crippen molar-refractivity contribution in [1.29, 1.82) is 0 Å². The van der Waals surface area contributed by atoms with Crippen molar-refractivity contribution in [3.8, 4) is 11.5 Å². The summed E-state index contributed by atoms with van der Waals surface area (Å²) < 4.78 is 41.9. The first-order valence-corrected chi connectivity index (χ1v) is 21.8. The first-order chi connectivity index (χ1) is 27.4. The summed E-state index contributed by atoms with van der Waals surface area (Å²) in [5, 5.41) is 0. The molecule has 0 aromatic heterocycles. The zero-order valence-corrected chi connectivity index (χ0v) is 35.0. The van der Waals surface area contributed by atoms with Gasteiger partial charge in [0.05, 0.1) is 14.2 Å². The second-order valence-electron chi connectivity index (χ2n) is 12.5. The monoisotopic (exact) mass is 864 g/mol. The molecule has 308 valence electrons. The Morgan fingerprint density at radius 1 is 0.561 bits per heavy atom. The Morgan fingerprint density at radius 2 is 0.895 bits per heavy atom. The number of benzene rings is 2. The second kappa shape index (κ2) is 23.2. The van der Waals surface area contributed by atoms with Crippen LogP contribution in [0, 0.1) is 0 Å². The zero-order chi connectivity index (χ0) is 41.2. The lowest BCUT2D eigenvalue weighted by atomic mass is 9.78. The Labute approximate surface area is 347 Å². The molecule has 0 N–H and O–H groups in total. The molecule has 2 fully saturated rings. The lowest BCUT2D eigenvalue weighted by Crippen LogP contribution is -2.32. The molecule has 2 aliphatic rings. The van der Waals surface area contributed by atoms with Gasteiger partial charge in [0.15, 0.2) is 12.2 Å². The van der Waals surface area contributed by atoms with Crippen molar-refractivity contribution in [2.75, 3.05) is 63.7 Å². The van der Waals surface area contributed by atoms with Gasteiger partial charge in [0.2, 0.25) is 0 Å². The number of hydrogen-bond donors (Lipinski definition) is 0. The van der Waals surface area contributed by atoms with E-state index in [0.717, 1.165) is 58.4 Å². The SMILES string of the molecule is COC(=O)/C=C/C(=O)OC(COC(=O)C1SCCS1)COc1ccc(C(C)(C)c2ccc(OCC(COC(=O)C3SCCS3)OC(=O)/C=C/C(=O)OC)cc2)cc1. The third-order valence-electron chi connectivity index (χ3n) is 8.15. The van der Waals surface area contributed by atoms with Crippen LogP contribution in [0.5, 0.6) is 11.5 Å². The topological polar surface area (TPSA) is 176 Å². The highest BCUT2D eigenvalue weighted by atomic mass is 32.2. The second-order valence-corrected chi connectivity index (χ2v) is 18.0. The van der Waals surface area contributed by atoms with Crippen molar-refractivity contribution in [3.63, 3.8) is 0 Å². The van der Waals surface area contributed by atoms with Crippen LogP contribution in [0.25, 0.3) is 0 Å². The van der Waals surface area contributed by atoms with Gasteiger partial charge in [-0.2, -0.15) is 0 Å². The minimum Gasteiger partial charge on any atom is -0.490 e. The van der Waals surface area contributed by atoms with Crippen LogP contribution in [-0.4, -0.2) is 121 Å². The first-order valence-electron chi connectivity index (χ1n) is 17.6. The third-order valence-corrected chi connectivity index (χ3v) is 14.0. The summed E-state index contributed by atoms with van der Waals surface area (Å²) in [6.45, 7) is 3.41. The van der Waals surface area contributed by atoms with Gasteiger partial charge < -0.3 is 37.9 Å². The van der Waals surface area contributed by atoms with Crippen molar-refractivity contribution in [2.24, 2.45) is 0 Å². The van der Waals surface area contributed by atoms with E-state index in [2.05, 4.69) is 23.3 Å². The molecule has 0 aliphatic carbocycles. The quantitative estimate of drug-likeness (QED) is 0.101. The fourth-order valence-electron chi connectivity index (χ4n) is 5.00. The number of hydrogen-bond acceptors (Lipinski definition) is 18.